The van der Waals surface area contributed by atoms with E-state index in [1.54, 1.807) is 13.0 Å². The van der Waals surface area contributed by atoms with Gasteiger partial charge in [-0.3, -0.25) is 4.79 Å². The summed E-state index contributed by atoms with van der Waals surface area (Å²) in [5.74, 6) is -1.52. The van der Waals surface area contributed by atoms with Crippen LogP contribution in [-0.4, -0.2) is 41.3 Å². The number of likely N-dealkylation sites (tertiary alicyclic amines) is 1. The number of aliphatic hydroxyl groups is 1. The molecule has 1 aromatic carbocycles. The van der Waals surface area contributed by atoms with Gasteiger partial charge in [0.05, 0.1) is 0 Å². The van der Waals surface area contributed by atoms with E-state index in [4.69, 9.17) is 0 Å². The fourth-order valence-electron chi connectivity index (χ4n) is 2.81. The summed E-state index contributed by atoms with van der Waals surface area (Å²) >= 11 is 0. The van der Waals surface area contributed by atoms with Crippen LogP contribution in [0.25, 0.3) is 6.08 Å². The largest absolute Gasteiger partial charge is 0.414 e. The van der Waals surface area contributed by atoms with Crippen molar-refractivity contribution in [3.8, 4) is 0 Å². The molecule has 0 spiro atoms. The Balaban J connectivity index is 1.96. The minimum atomic E-state index is -4.63. The van der Waals surface area contributed by atoms with Crippen molar-refractivity contribution in [2.45, 2.75) is 32.0 Å². The highest BCUT2D eigenvalue weighted by atomic mass is 19.4. The first-order valence-electron chi connectivity index (χ1n) is 7.66. The van der Waals surface area contributed by atoms with Gasteiger partial charge in [-0.05, 0) is 49.5 Å². The molecule has 1 fully saturated rings. The maximum absolute atomic E-state index is 12.9. The Morgan fingerprint density at radius 3 is 2.29 bits per heavy atom. The predicted molar refractivity (Wildman–Crippen MR) is 81.4 cm³/mol. The lowest BCUT2D eigenvalue weighted by Crippen LogP contribution is -2.45. The van der Waals surface area contributed by atoms with Crippen molar-refractivity contribution in [3.05, 3.63) is 41.2 Å². The number of amides is 1. The van der Waals surface area contributed by atoms with Gasteiger partial charge in [0.15, 0.2) is 6.10 Å². The first-order chi connectivity index (χ1) is 11.2. The number of carbonyl (C=O) groups is 1. The topological polar surface area (TPSA) is 40.5 Å². The molecule has 1 saturated heterocycles. The fraction of sp³-hybridized carbons (Fsp3) is 0.471. The lowest BCUT2D eigenvalue weighted by molar-refractivity contribution is -0.222. The van der Waals surface area contributed by atoms with E-state index in [1.807, 2.05) is 0 Å². The van der Waals surface area contributed by atoms with Crippen molar-refractivity contribution < 1.29 is 27.5 Å². The molecule has 1 amide bonds. The summed E-state index contributed by atoms with van der Waals surface area (Å²) in [6.45, 7) is 1.96. The van der Waals surface area contributed by atoms with Crippen LogP contribution < -0.4 is 0 Å². The summed E-state index contributed by atoms with van der Waals surface area (Å²) in [6, 6.07) is 5.65. The van der Waals surface area contributed by atoms with Crippen LogP contribution in [0.1, 0.15) is 25.3 Å². The van der Waals surface area contributed by atoms with E-state index in [1.165, 1.54) is 29.2 Å². The van der Waals surface area contributed by atoms with E-state index >= 15 is 0 Å². The quantitative estimate of drug-likeness (QED) is 0.674. The molecule has 1 aliphatic rings. The number of hydrogen-bond donors (Lipinski definition) is 1. The molecular formula is C17H19F4NO2. The van der Waals surface area contributed by atoms with Crippen LogP contribution in [0.2, 0.25) is 0 Å². The van der Waals surface area contributed by atoms with Crippen molar-refractivity contribution in [1.29, 1.82) is 0 Å². The van der Waals surface area contributed by atoms with Crippen molar-refractivity contribution in [1.82, 2.24) is 4.90 Å². The minimum Gasteiger partial charge on any atom is -0.383 e. The zero-order valence-corrected chi connectivity index (χ0v) is 13.2. The van der Waals surface area contributed by atoms with Crippen LogP contribution in [0.5, 0.6) is 0 Å². The molecule has 0 aliphatic carbocycles. The second-order valence-electron chi connectivity index (χ2n) is 5.99. The van der Waals surface area contributed by atoms with Gasteiger partial charge in [0, 0.05) is 18.7 Å². The molecule has 1 unspecified atom stereocenters. The highest BCUT2D eigenvalue weighted by Gasteiger charge is 2.44. The number of hydrogen-bond acceptors (Lipinski definition) is 2. The number of rotatable bonds is 3. The summed E-state index contributed by atoms with van der Waals surface area (Å²) in [4.78, 5) is 13.8. The molecule has 7 heteroatoms. The molecule has 3 nitrogen and oxygen atoms in total. The highest BCUT2D eigenvalue weighted by Crippen LogP contribution is 2.31. The van der Waals surface area contributed by atoms with Crippen LogP contribution in [0.4, 0.5) is 17.6 Å². The van der Waals surface area contributed by atoms with Crippen molar-refractivity contribution in [3.63, 3.8) is 0 Å². The molecule has 1 N–H and O–H groups in total. The molecule has 1 heterocycles. The molecule has 0 bridgehead atoms. The Labute approximate surface area is 137 Å². The predicted octanol–water partition coefficient (Wildman–Crippen LogP) is 3.39. The normalized spacial score (nSPS) is 18.6. The fourth-order valence-corrected chi connectivity index (χ4v) is 2.81. The Bertz CT molecular complexity index is 602. The van der Waals surface area contributed by atoms with Gasteiger partial charge in [0.1, 0.15) is 5.82 Å². The van der Waals surface area contributed by atoms with Crippen molar-refractivity contribution in [2.75, 3.05) is 13.1 Å². The van der Waals surface area contributed by atoms with E-state index in [0.29, 0.717) is 11.1 Å². The number of carbonyl (C=O) groups excluding carboxylic acids is 1. The van der Waals surface area contributed by atoms with Crippen molar-refractivity contribution in [2.24, 2.45) is 5.92 Å². The average molecular weight is 345 g/mol. The van der Waals surface area contributed by atoms with Gasteiger partial charge in [0.2, 0.25) is 5.91 Å². The SMILES string of the molecule is C/C(=C/c1ccc(F)cc1)C(=O)N1CCC(C(O)C(F)(F)F)CC1. The van der Waals surface area contributed by atoms with E-state index < -0.39 is 18.2 Å². The van der Waals surface area contributed by atoms with Crippen LogP contribution in [-0.2, 0) is 4.79 Å². The lowest BCUT2D eigenvalue weighted by atomic mass is 9.90. The van der Waals surface area contributed by atoms with Crippen LogP contribution in [0.15, 0.2) is 29.8 Å². The lowest BCUT2D eigenvalue weighted by Gasteiger charge is -2.34. The second kappa shape index (κ2) is 7.34. The zero-order valence-electron chi connectivity index (χ0n) is 13.2. The van der Waals surface area contributed by atoms with Crippen LogP contribution in [0.3, 0.4) is 0 Å². The van der Waals surface area contributed by atoms with Crippen LogP contribution in [0, 0.1) is 11.7 Å². The molecule has 0 saturated carbocycles. The van der Waals surface area contributed by atoms with Gasteiger partial charge < -0.3 is 10.0 Å². The number of piperidine rings is 1. The minimum absolute atomic E-state index is 0.107. The van der Waals surface area contributed by atoms with E-state index in [2.05, 4.69) is 0 Å². The first kappa shape index (κ1) is 18.4. The third-order valence-corrected chi connectivity index (χ3v) is 4.20. The summed E-state index contributed by atoms with van der Waals surface area (Å²) < 4.78 is 50.4. The number of benzene rings is 1. The van der Waals surface area contributed by atoms with Gasteiger partial charge in [-0.2, -0.15) is 13.2 Å². The molecular weight excluding hydrogens is 326 g/mol. The van der Waals surface area contributed by atoms with Gasteiger partial charge in [-0.25, -0.2) is 4.39 Å². The molecule has 1 aromatic rings. The third kappa shape index (κ3) is 4.56. The van der Waals surface area contributed by atoms with Gasteiger partial charge >= 0.3 is 6.18 Å². The van der Waals surface area contributed by atoms with Crippen LogP contribution >= 0.6 is 0 Å². The maximum atomic E-state index is 12.9. The van der Waals surface area contributed by atoms with Gasteiger partial charge in [-0.15, -0.1) is 0 Å². The monoisotopic (exact) mass is 345 g/mol. The standard InChI is InChI=1S/C17H19F4NO2/c1-11(10-12-2-4-14(18)5-3-12)16(24)22-8-6-13(7-9-22)15(23)17(19,20)21/h2-5,10,13,15,23H,6-9H2,1H3/b11-10-. The molecule has 0 aromatic heterocycles. The molecule has 132 valence electrons. The van der Waals surface area contributed by atoms with Crippen molar-refractivity contribution >= 4 is 12.0 Å². The molecule has 2 rings (SSSR count). The van der Waals surface area contributed by atoms with E-state index in [0.717, 1.165) is 0 Å². The molecule has 1 atom stereocenters. The number of aliphatic hydroxyl groups excluding tert-OH is 1. The summed E-state index contributed by atoms with van der Waals surface area (Å²) in [5.41, 5.74) is 1.10. The molecule has 0 radical (unpaired) electrons. The van der Waals surface area contributed by atoms with Gasteiger partial charge in [0.25, 0.3) is 0 Å². The molecule has 1 aliphatic heterocycles. The van der Waals surface area contributed by atoms with E-state index in [-0.39, 0.29) is 37.7 Å². The second-order valence-corrected chi connectivity index (χ2v) is 5.99. The third-order valence-electron chi connectivity index (χ3n) is 4.20. The van der Waals surface area contributed by atoms with Gasteiger partial charge in [-0.1, -0.05) is 12.1 Å². The Morgan fingerprint density at radius 2 is 1.79 bits per heavy atom. The highest BCUT2D eigenvalue weighted by molar-refractivity contribution is 5.97. The molecule has 24 heavy (non-hydrogen) atoms. The summed E-state index contributed by atoms with van der Waals surface area (Å²) in [6.07, 6.45) is -5.15. The number of nitrogens with zero attached hydrogens (tertiary/aromatic N) is 1. The Kier molecular flexibility index (Phi) is 5.64. The zero-order chi connectivity index (χ0) is 17.9. The number of halogens is 4. The summed E-state index contributed by atoms with van der Waals surface area (Å²) in [7, 11) is 0. The number of alkyl halides is 3. The Morgan fingerprint density at radius 1 is 1.25 bits per heavy atom. The van der Waals surface area contributed by atoms with E-state index in [9.17, 15) is 27.5 Å². The summed E-state index contributed by atoms with van der Waals surface area (Å²) in [5, 5.41) is 9.29. The first-order valence-corrected chi connectivity index (χ1v) is 7.66. The smallest absolute Gasteiger partial charge is 0.383 e. The average Bonchev–Trinajstić information content (AvgIpc) is 2.55. The maximum Gasteiger partial charge on any atom is 0.414 e. The Hall–Kier alpha value is -1.89.